The van der Waals surface area contributed by atoms with Crippen molar-refractivity contribution in [3.8, 4) is 0 Å². The molecule has 0 heterocycles. The molecule has 0 aliphatic heterocycles. The van der Waals surface area contributed by atoms with Crippen molar-refractivity contribution in [2.24, 2.45) is 0 Å². The van der Waals surface area contributed by atoms with Crippen LogP contribution in [-0.4, -0.2) is 6.61 Å². The van der Waals surface area contributed by atoms with Crippen molar-refractivity contribution in [2.75, 3.05) is 6.61 Å². The molecule has 12 heavy (non-hydrogen) atoms. The Morgan fingerprint density at radius 2 is 1.67 bits per heavy atom. The van der Waals surface area contributed by atoms with E-state index in [1.165, 1.54) is 32.1 Å². The van der Waals surface area contributed by atoms with Gasteiger partial charge in [0, 0.05) is 0 Å². The quantitative estimate of drug-likeness (QED) is 0.477. The number of unbranched alkanes of at least 4 members (excludes halogenated alkanes) is 5. The molecule has 1 atom stereocenters. The van der Waals surface area contributed by atoms with Crippen molar-refractivity contribution < 1.29 is 25.9 Å². The maximum absolute atomic E-state index is 9.87. The van der Waals surface area contributed by atoms with E-state index in [4.69, 9.17) is 4.52 Å². The first-order chi connectivity index (χ1) is 5.41. The van der Waals surface area contributed by atoms with Gasteiger partial charge in [0.2, 0.25) is 0 Å². The Bertz CT molecular complexity index is 91.1. The van der Waals surface area contributed by atoms with Gasteiger partial charge in [-0.3, -0.25) is 0 Å². The maximum Gasteiger partial charge on any atom is 2.00 e. The molecule has 0 spiro atoms. The number of hydrogen-bond acceptors (Lipinski definition) is 2. The fraction of sp³-hybridized carbons (Fsp3) is 1.00. The summed E-state index contributed by atoms with van der Waals surface area (Å²) in [6.45, 7) is 2.87. The van der Waals surface area contributed by atoms with Crippen LogP contribution < -0.4 is 0 Å². The average Bonchev–Trinajstić information content (AvgIpc) is 2.03. The molecule has 0 aliphatic rings. The topological polar surface area (TPSA) is 26.3 Å². The summed E-state index contributed by atoms with van der Waals surface area (Å²) in [6.07, 6.45) is 7.52. The second-order valence-electron chi connectivity index (χ2n) is 2.70. The van der Waals surface area contributed by atoms with Crippen LogP contribution in [0.3, 0.4) is 0 Å². The zero-order chi connectivity index (χ0) is 8.36. The van der Waals surface area contributed by atoms with Crippen molar-refractivity contribution in [3.63, 3.8) is 0 Å². The minimum atomic E-state index is -0.580. The zero-order valence-corrected chi connectivity index (χ0v) is 9.64. The SMILES string of the molecule is CCCCCCCCO[PH+]=O.[Co+2]. The molecule has 0 saturated heterocycles. The molecule has 0 aromatic rings. The fourth-order valence-corrected chi connectivity index (χ4v) is 1.22. The van der Waals surface area contributed by atoms with Gasteiger partial charge in [0.1, 0.15) is 6.61 Å². The van der Waals surface area contributed by atoms with Crippen LogP contribution in [0, 0.1) is 0 Å². The van der Waals surface area contributed by atoms with Crippen LogP contribution in [0.15, 0.2) is 0 Å². The number of hydrogen-bond donors (Lipinski definition) is 0. The van der Waals surface area contributed by atoms with E-state index < -0.39 is 8.69 Å². The van der Waals surface area contributed by atoms with Gasteiger partial charge in [0.15, 0.2) is 0 Å². The summed E-state index contributed by atoms with van der Waals surface area (Å²) >= 11 is 0. The molecule has 1 unspecified atom stereocenters. The third-order valence-electron chi connectivity index (χ3n) is 1.66. The standard InChI is InChI=1S/C8H18O2P.Co/c1-2-3-4-5-6-7-8-10-11-9;/h11H,2-8H2,1H3;/q+1;+2. The molecule has 0 aliphatic carbocycles. The van der Waals surface area contributed by atoms with Crippen LogP contribution in [0.25, 0.3) is 0 Å². The molecular weight excluding hydrogens is 218 g/mol. The normalized spacial score (nSPS) is 9.75. The Hall–Kier alpha value is 0.566. The smallest absolute Gasteiger partial charge is 0.148 e. The Morgan fingerprint density at radius 3 is 2.25 bits per heavy atom. The second kappa shape index (κ2) is 14.1. The van der Waals surface area contributed by atoms with E-state index in [9.17, 15) is 4.57 Å². The third kappa shape index (κ3) is 13.2. The number of rotatable bonds is 8. The Balaban J connectivity index is 0. The molecule has 0 aromatic heterocycles. The largest absolute Gasteiger partial charge is 2.00 e. The van der Waals surface area contributed by atoms with E-state index in [2.05, 4.69) is 6.92 Å². The van der Waals surface area contributed by atoms with E-state index in [1.54, 1.807) is 0 Å². The Morgan fingerprint density at radius 1 is 1.08 bits per heavy atom. The van der Waals surface area contributed by atoms with Gasteiger partial charge in [0.25, 0.3) is 0 Å². The van der Waals surface area contributed by atoms with Crippen molar-refractivity contribution in [1.82, 2.24) is 0 Å². The fourth-order valence-electron chi connectivity index (χ4n) is 0.996. The zero-order valence-electron chi connectivity index (χ0n) is 7.60. The second-order valence-corrected chi connectivity index (χ2v) is 3.15. The average molecular weight is 236 g/mol. The van der Waals surface area contributed by atoms with Crippen LogP contribution in [0.5, 0.6) is 0 Å². The summed E-state index contributed by atoms with van der Waals surface area (Å²) in [5.41, 5.74) is 0. The summed E-state index contributed by atoms with van der Waals surface area (Å²) in [5.74, 6) is 0. The molecule has 2 nitrogen and oxygen atoms in total. The molecular formula is C8H18CoO2P+3. The molecule has 0 aromatic carbocycles. The summed E-state index contributed by atoms with van der Waals surface area (Å²) in [4.78, 5) is 0. The third-order valence-corrected chi connectivity index (χ3v) is 1.98. The first-order valence-electron chi connectivity index (χ1n) is 4.40. The van der Waals surface area contributed by atoms with Gasteiger partial charge in [-0.25, -0.2) is 0 Å². The van der Waals surface area contributed by atoms with Crippen LogP contribution >= 0.6 is 8.69 Å². The molecule has 0 N–H and O–H groups in total. The van der Waals surface area contributed by atoms with Gasteiger partial charge in [-0.15, -0.1) is 4.52 Å². The first kappa shape index (κ1) is 15.1. The van der Waals surface area contributed by atoms with Crippen molar-refractivity contribution >= 4 is 8.69 Å². The van der Waals surface area contributed by atoms with Crippen LogP contribution in [-0.2, 0) is 25.9 Å². The van der Waals surface area contributed by atoms with Crippen molar-refractivity contribution in [3.05, 3.63) is 0 Å². The van der Waals surface area contributed by atoms with Gasteiger partial charge < -0.3 is 0 Å². The predicted octanol–water partition coefficient (Wildman–Crippen LogP) is 3.30. The molecule has 0 saturated carbocycles. The summed E-state index contributed by atoms with van der Waals surface area (Å²) in [6, 6.07) is 0. The maximum atomic E-state index is 9.87. The molecule has 0 rings (SSSR count). The molecule has 0 fully saturated rings. The monoisotopic (exact) mass is 236 g/mol. The van der Waals surface area contributed by atoms with Gasteiger partial charge in [-0.2, -0.15) is 0 Å². The Kier molecular flexibility index (Phi) is 17.7. The van der Waals surface area contributed by atoms with Gasteiger partial charge in [-0.05, 0) is 11.0 Å². The van der Waals surface area contributed by atoms with Gasteiger partial charge >= 0.3 is 25.5 Å². The molecule has 1 radical (unpaired) electrons. The van der Waals surface area contributed by atoms with Crippen molar-refractivity contribution in [2.45, 2.75) is 45.4 Å². The summed E-state index contributed by atoms with van der Waals surface area (Å²) < 4.78 is 14.6. The van der Waals surface area contributed by atoms with E-state index in [0.717, 1.165) is 6.42 Å². The van der Waals surface area contributed by atoms with Gasteiger partial charge in [-0.1, -0.05) is 39.0 Å². The predicted molar refractivity (Wildman–Crippen MR) is 48.3 cm³/mol. The molecule has 4 heteroatoms. The minimum Gasteiger partial charge on any atom is -0.148 e. The molecule has 0 amide bonds. The Labute approximate surface area is 86.9 Å². The first-order valence-corrected chi connectivity index (χ1v) is 5.22. The van der Waals surface area contributed by atoms with E-state index in [-0.39, 0.29) is 16.8 Å². The summed E-state index contributed by atoms with van der Waals surface area (Å²) in [5, 5.41) is 0. The molecule has 73 valence electrons. The van der Waals surface area contributed by atoms with E-state index in [1.807, 2.05) is 0 Å². The summed E-state index contributed by atoms with van der Waals surface area (Å²) in [7, 11) is -0.580. The van der Waals surface area contributed by atoms with Crippen LogP contribution in [0.4, 0.5) is 0 Å². The molecule has 0 bridgehead atoms. The van der Waals surface area contributed by atoms with Crippen LogP contribution in [0.1, 0.15) is 45.4 Å². The van der Waals surface area contributed by atoms with Crippen molar-refractivity contribution in [1.29, 1.82) is 0 Å². The van der Waals surface area contributed by atoms with E-state index in [0.29, 0.717) is 6.61 Å². The van der Waals surface area contributed by atoms with E-state index >= 15 is 0 Å². The minimum absolute atomic E-state index is 0. The van der Waals surface area contributed by atoms with Gasteiger partial charge in [0.05, 0.1) is 0 Å². The van der Waals surface area contributed by atoms with Crippen LogP contribution in [0.2, 0.25) is 0 Å².